The maximum Gasteiger partial charge on any atom is 0.417 e. The Hall–Kier alpha value is -1.39. The summed E-state index contributed by atoms with van der Waals surface area (Å²) >= 11 is 0. The van der Waals surface area contributed by atoms with E-state index in [0.717, 1.165) is 12.1 Å². The quantitative estimate of drug-likeness (QED) is 0.602. The lowest BCUT2D eigenvalue weighted by atomic mass is 10.2. The van der Waals surface area contributed by atoms with Crippen LogP contribution in [0.25, 0.3) is 0 Å². The normalized spacial score (nSPS) is 11.2. The minimum atomic E-state index is -4.47. The first kappa shape index (κ1) is 8.70. The second-order valence-electron chi connectivity index (χ2n) is 2.05. The first-order valence-corrected chi connectivity index (χ1v) is 2.96. The summed E-state index contributed by atoms with van der Waals surface area (Å²) in [6.07, 6.45) is -4.47. The average Bonchev–Trinajstić information content (AvgIpc) is 2.03. The summed E-state index contributed by atoms with van der Waals surface area (Å²) in [6.45, 7) is 0. The zero-order valence-corrected chi connectivity index (χ0v) is 5.72. The smallest absolute Gasteiger partial charge is 0.166 e. The molecular weight excluding hydrogens is 171 g/mol. The number of hydrogen-bond donors (Lipinski definition) is 0. The third kappa shape index (κ3) is 1.81. The van der Waals surface area contributed by atoms with Gasteiger partial charge in [0.1, 0.15) is 5.69 Å². The maximum atomic E-state index is 11.9. The van der Waals surface area contributed by atoms with Crippen LogP contribution in [0.15, 0.2) is 23.4 Å². The van der Waals surface area contributed by atoms with Gasteiger partial charge >= 0.3 is 6.18 Å². The number of rotatable bonds is 1. The molecule has 0 aliphatic carbocycles. The molecule has 5 heteroatoms. The molecule has 0 N–H and O–H groups in total. The summed E-state index contributed by atoms with van der Waals surface area (Å²) in [5, 5.41) is 2.37. The molecule has 0 saturated carbocycles. The van der Waals surface area contributed by atoms with Gasteiger partial charge in [-0.3, -0.25) is 0 Å². The Morgan fingerprint density at radius 2 is 2.08 bits per heavy atom. The average molecular weight is 174 g/mol. The zero-order chi connectivity index (χ0) is 9.19. The Morgan fingerprint density at radius 1 is 1.42 bits per heavy atom. The van der Waals surface area contributed by atoms with Crippen LogP contribution in [0, 0.1) is 11.0 Å². The Bertz CT molecular complexity index is 295. The van der Waals surface area contributed by atoms with Crippen molar-refractivity contribution in [2.45, 2.75) is 6.18 Å². The van der Waals surface area contributed by atoms with Crippen molar-refractivity contribution in [1.29, 1.82) is 0 Å². The first-order chi connectivity index (χ1) is 5.54. The van der Waals surface area contributed by atoms with Crippen molar-refractivity contribution in [3.05, 3.63) is 34.7 Å². The van der Waals surface area contributed by atoms with Crippen LogP contribution in [0.4, 0.5) is 18.9 Å². The lowest BCUT2D eigenvalue weighted by Crippen LogP contribution is -2.04. The number of benzene rings is 1. The predicted molar refractivity (Wildman–Crippen MR) is 35.7 cm³/mol. The van der Waals surface area contributed by atoms with E-state index in [0.29, 0.717) is 6.07 Å². The van der Waals surface area contributed by atoms with Crippen LogP contribution in [0.2, 0.25) is 0 Å². The van der Waals surface area contributed by atoms with Crippen molar-refractivity contribution >= 4 is 5.69 Å². The van der Waals surface area contributed by atoms with E-state index < -0.39 is 11.7 Å². The Morgan fingerprint density at radius 3 is 2.58 bits per heavy atom. The molecule has 0 unspecified atom stereocenters. The third-order valence-corrected chi connectivity index (χ3v) is 1.20. The van der Waals surface area contributed by atoms with Crippen molar-refractivity contribution in [3.8, 4) is 0 Å². The number of nitroso groups, excluding NO2 is 1. The Kier molecular flexibility index (Phi) is 2.12. The number of alkyl halides is 3. The number of halogens is 3. The van der Waals surface area contributed by atoms with Crippen LogP contribution in [0.1, 0.15) is 5.56 Å². The molecule has 0 saturated heterocycles. The highest BCUT2D eigenvalue weighted by molar-refractivity contribution is 5.40. The van der Waals surface area contributed by atoms with E-state index in [1.165, 1.54) is 0 Å². The molecule has 12 heavy (non-hydrogen) atoms. The second-order valence-corrected chi connectivity index (χ2v) is 2.05. The molecule has 0 amide bonds. The fourth-order valence-electron chi connectivity index (χ4n) is 0.675. The summed E-state index contributed by atoms with van der Waals surface area (Å²) in [7, 11) is 0. The minimum Gasteiger partial charge on any atom is -0.166 e. The molecule has 1 radical (unpaired) electrons. The van der Waals surface area contributed by atoms with Crippen molar-refractivity contribution < 1.29 is 13.2 Å². The zero-order valence-electron chi connectivity index (χ0n) is 5.72. The highest BCUT2D eigenvalue weighted by Crippen LogP contribution is 2.30. The molecule has 0 aliphatic heterocycles. The summed E-state index contributed by atoms with van der Waals surface area (Å²) in [5.41, 5.74) is -1.24. The topological polar surface area (TPSA) is 29.4 Å². The molecule has 63 valence electrons. The number of hydrogen-bond acceptors (Lipinski definition) is 2. The lowest BCUT2D eigenvalue weighted by molar-refractivity contribution is -0.137. The van der Waals surface area contributed by atoms with Crippen LogP contribution in [-0.2, 0) is 6.18 Å². The van der Waals surface area contributed by atoms with Crippen LogP contribution in [0.3, 0.4) is 0 Å². The van der Waals surface area contributed by atoms with Gasteiger partial charge in [0.25, 0.3) is 0 Å². The molecule has 0 atom stereocenters. The van der Waals surface area contributed by atoms with Gasteiger partial charge in [0, 0.05) is 0 Å². The van der Waals surface area contributed by atoms with Crippen LogP contribution in [0.5, 0.6) is 0 Å². The number of nitrogens with zero attached hydrogens (tertiary/aromatic N) is 1. The molecule has 1 rings (SSSR count). The van der Waals surface area contributed by atoms with Gasteiger partial charge in [0.05, 0.1) is 5.56 Å². The van der Waals surface area contributed by atoms with Crippen LogP contribution in [-0.4, -0.2) is 0 Å². The van der Waals surface area contributed by atoms with Gasteiger partial charge in [-0.05, 0) is 23.4 Å². The summed E-state index contributed by atoms with van der Waals surface area (Å²) in [4.78, 5) is 9.85. The van der Waals surface area contributed by atoms with Gasteiger partial charge in [-0.2, -0.15) is 13.2 Å². The summed E-state index contributed by atoms with van der Waals surface area (Å²) in [6, 6.07) is 4.77. The van der Waals surface area contributed by atoms with E-state index in [2.05, 4.69) is 5.18 Å². The van der Waals surface area contributed by atoms with E-state index in [-0.39, 0.29) is 5.69 Å². The molecule has 0 spiro atoms. The minimum absolute atomic E-state index is 0.249. The monoisotopic (exact) mass is 174 g/mol. The van der Waals surface area contributed by atoms with Crippen molar-refractivity contribution in [1.82, 2.24) is 0 Å². The van der Waals surface area contributed by atoms with Gasteiger partial charge in [0.2, 0.25) is 0 Å². The van der Waals surface area contributed by atoms with Gasteiger partial charge in [-0.15, -0.1) is 4.91 Å². The fourth-order valence-corrected chi connectivity index (χ4v) is 0.675. The molecule has 1 aromatic rings. The van der Waals surface area contributed by atoms with Crippen molar-refractivity contribution in [2.24, 2.45) is 5.18 Å². The van der Waals surface area contributed by atoms with Gasteiger partial charge < -0.3 is 0 Å². The fraction of sp³-hybridized carbons (Fsp3) is 0.143. The molecule has 0 aromatic heterocycles. The van der Waals surface area contributed by atoms with E-state index >= 15 is 0 Å². The largest absolute Gasteiger partial charge is 0.417 e. The lowest BCUT2D eigenvalue weighted by Gasteiger charge is -2.04. The molecule has 0 aliphatic rings. The second kappa shape index (κ2) is 2.92. The van der Waals surface area contributed by atoms with Crippen LogP contribution < -0.4 is 0 Å². The molecule has 0 fully saturated rings. The Balaban J connectivity index is 3.10. The maximum absolute atomic E-state index is 11.9. The standard InChI is InChI=1S/C7H3F3NO/c8-7(9,10)5-2-1-3-6(4-5)11-12/h1,3-4H. The highest BCUT2D eigenvalue weighted by atomic mass is 19.4. The van der Waals surface area contributed by atoms with E-state index in [1.54, 1.807) is 0 Å². The van der Waals surface area contributed by atoms with Crippen molar-refractivity contribution in [2.75, 3.05) is 0 Å². The molecule has 1 aromatic carbocycles. The van der Waals surface area contributed by atoms with E-state index in [4.69, 9.17) is 0 Å². The highest BCUT2D eigenvalue weighted by Gasteiger charge is 2.30. The summed E-state index contributed by atoms with van der Waals surface area (Å²) in [5.74, 6) is 0. The summed E-state index contributed by atoms with van der Waals surface area (Å²) < 4.78 is 35.8. The predicted octanol–water partition coefficient (Wildman–Crippen LogP) is 2.90. The third-order valence-electron chi connectivity index (χ3n) is 1.20. The molecular formula is C7H3F3NO. The van der Waals surface area contributed by atoms with E-state index in [1.807, 2.05) is 6.07 Å². The SMILES string of the molecule is O=Nc1cc[c]c(C(F)(F)F)c1. The van der Waals surface area contributed by atoms with Crippen molar-refractivity contribution in [3.63, 3.8) is 0 Å². The first-order valence-electron chi connectivity index (χ1n) is 2.96. The Labute approximate surface area is 66.0 Å². The van der Waals surface area contributed by atoms with E-state index in [9.17, 15) is 18.1 Å². The molecule has 0 heterocycles. The van der Waals surface area contributed by atoms with Gasteiger partial charge in [-0.1, -0.05) is 6.07 Å². The van der Waals surface area contributed by atoms with Crippen LogP contribution >= 0.6 is 0 Å². The molecule has 2 nitrogen and oxygen atoms in total. The molecule has 0 bridgehead atoms. The van der Waals surface area contributed by atoms with Gasteiger partial charge in [-0.25, -0.2) is 0 Å². The van der Waals surface area contributed by atoms with Gasteiger partial charge in [0.15, 0.2) is 0 Å².